The Kier molecular flexibility index (Phi) is 6.49. The van der Waals surface area contributed by atoms with Gasteiger partial charge in [-0.2, -0.15) is 18.3 Å². The summed E-state index contributed by atoms with van der Waals surface area (Å²) in [6, 6.07) is 20.3. The van der Waals surface area contributed by atoms with E-state index in [0.717, 1.165) is 12.1 Å². The maximum Gasteiger partial charge on any atom is 0.416 e. The van der Waals surface area contributed by atoms with Crippen molar-refractivity contribution in [1.29, 1.82) is 0 Å². The quantitative estimate of drug-likeness (QED) is 0.384. The maximum atomic E-state index is 13.1. The highest BCUT2D eigenvalue weighted by atomic mass is 32.2. The molecular weight excluding hydrogens is 479 g/mol. The first kappa shape index (κ1) is 24.2. The molecule has 0 spiro atoms. The van der Waals surface area contributed by atoms with Gasteiger partial charge in [-0.1, -0.05) is 36.4 Å². The first-order valence-electron chi connectivity index (χ1n) is 10.5. The Hall–Kier alpha value is -3.92. The van der Waals surface area contributed by atoms with Crippen molar-refractivity contribution in [2.24, 2.45) is 0 Å². The van der Waals surface area contributed by atoms with Crippen LogP contribution >= 0.6 is 0 Å². The third-order valence-electron chi connectivity index (χ3n) is 5.17. The number of nitrogens with zero attached hydrogens (tertiary/aromatic N) is 2. The van der Waals surface area contributed by atoms with Gasteiger partial charge < -0.3 is 5.32 Å². The molecule has 1 aromatic heterocycles. The molecule has 0 aliphatic rings. The zero-order valence-corrected chi connectivity index (χ0v) is 19.3. The van der Waals surface area contributed by atoms with Gasteiger partial charge in [0, 0.05) is 11.6 Å². The zero-order chi connectivity index (χ0) is 25.2. The van der Waals surface area contributed by atoms with E-state index in [9.17, 15) is 26.4 Å². The van der Waals surface area contributed by atoms with Crippen molar-refractivity contribution in [3.05, 3.63) is 107 Å². The fraction of sp³-hybridized carbons (Fsp3) is 0.120. The summed E-state index contributed by atoms with van der Waals surface area (Å²) in [7, 11) is -3.53. The first-order chi connectivity index (χ1) is 16.5. The second-order valence-corrected chi connectivity index (χ2v) is 9.84. The minimum absolute atomic E-state index is 0.143. The molecule has 6 nitrogen and oxygen atoms in total. The van der Waals surface area contributed by atoms with Crippen LogP contribution < -0.4 is 5.32 Å². The molecule has 0 atom stereocenters. The van der Waals surface area contributed by atoms with Gasteiger partial charge in [0.15, 0.2) is 9.84 Å². The van der Waals surface area contributed by atoms with E-state index in [4.69, 9.17) is 0 Å². The second kappa shape index (κ2) is 9.38. The third-order valence-corrected chi connectivity index (χ3v) is 6.87. The summed E-state index contributed by atoms with van der Waals surface area (Å²) in [6.07, 6.45) is -4.52. The number of amides is 1. The van der Waals surface area contributed by atoms with Crippen molar-refractivity contribution in [1.82, 2.24) is 9.78 Å². The van der Waals surface area contributed by atoms with Crippen LogP contribution in [0.2, 0.25) is 0 Å². The molecule has 0 fully saturated rings. The minimum Gasteiger partial charge on any atom is -0.306 e. The fourth-order valence-corrected chi connectivity index (χ4v) is 4.84. The van der Waals surface area contributed by atoms with Gasteiger partial charge in [0.05, 0.1) is 27.6 Å². The molecule has 1 amide bonds. The van der Waals surface area contributed by atoms with Crippen LogP contribution in [0.4, 0.5) is 19.0 Å². The Balaban J connectivity index is 1.53. The van der Waals surface area contributed by atoms with E-state index in [1.165, 1.54) is 41.1 Å². The van der Waals surface area contributed by atoms with Crippen LogP contribution in [-0.4, -0.2) is 24.1 Å². The fourth-order valence-electron chi connectivity index (χ4n) is 3.47. The average molecular weight is 500 g/mol. The van der Waals surface area contributed by atoms with E-state index in [2.05, 4.69) is 10.4 Å². The largest absolute Gasteiger partial charge is 0.416 e. The summed E-state index contributed by atoms with van der Waals surface area (Å²) < 4.78 is 65.7. The molecule has 4 rings (SSSR count). The zero-order valence-electron chi connectivity index (χ0n) is 18.5. The number of alkyl halides is 3. The number of sulfone groups is 1. The molecular formula is C25H20F3N3O3S. The predicted octanol–water partition coefficient (Wildman–Crippen LogP) is 5.43. The predicted molar refractivity (Wildman–Crippen MR) is 125 cm³/mol. The lowest BCUT2D eigenvalue weighted by Crippen LogP contribution is -2.15. The number of rotatable bonds is 6. The minimum atomic E-state index is -4.52. The summed E-state index contributed by atoms with van der Waals surface area (Å²) in [6.45, 7) is 1.65. The van der Waals surface area contributed by atoms with Gasteiger partial charge in [0.2, 0.25) is 0 Å². The number of hydrogen-bond acceptors (Lipinski definition) is 4. The summed E-state index contributed by atoms with van der Waals surface area (Å²) >= 11 is 0. The Bertz CT molecular complexity index is 1460. The Morgan fingerprint density at radius 2 is 1.63 bits per heavy atom. The van der Waals surface area contributed by atoms with Crippen LogP contribution in [-0.2, 0) is 21.8 Å². The highest BCUT2D eigenvalue weighted by molar-refractivity contribution is 7.90. The Morgan fingerprint density at radius 3 is 2.29 bits per heavy atom. The molecule has 1 heterocycles. The molecule has 0 unspecified atom stereocenters. The summed E-state index contributed by atoms with van der Waals surface area (Å²) in [5.74, 6) is -0.543. The molecule has 0 bridgehead atoms. The van der Waals surface area contributed by atoms with Crippen molar-refractivity contribution >= 4 is 21.6 Å². The molecule has 10 heteroatoms. The van der Waals surface area contributed by atoms with Gasteiger partial charge in [-0.25, -0.2) is 13.1 Å². The van der Waals surface area contributed by atoms with Gasteiger partial charge in [0.25, 0.3) is 5.91 Å². The molecule has 35 heavy (non-hydrogen) atoms. The molecule has 0 aliphatic carbocycles. The number of carbonyl (C=O) groups excluding carboxylic acids is 1. The molecule has 1 N–H and O–H groups in total. The number of anilines is 1. The summed E-state index contributed by atoms with van der Waals surface area (Å²) in [5.41, 5.74) is 0.570. The van der Waals surface area contributed by atoms with E-state index in [0.29, 0.717) is 11.3 Å². The van der Waals surface area contributed by atoms with Crippen molar-refractivity contribution in [2.75, 3.05) is 5.32 Å². The molecule has 0 aliphatic heterocycles. The van der Waals surface area contributed by atoms with E-state index in [1.807, 2.05) is 0 Å². The van der Waals surface area contributed by atoms with Crippen molar-refractivity contribution in [2.45, 2.75) is 23.7 Å². The Labute approximate surface area is 200 Å². The van der Waals surface area contributed by atoms with Crippen LogP contribution in [0.15, 0.2) is 89.8 Å². The monoisotopic (exact) mass is 499 g/mol. The van der Waals surface area contributed by atoms with Crippen molar-refractivity contribution < 1.29 is 26.4 Å². The highest BCUT2D eigenvalue weighted by Gasteiger charge is 2.30. The molecule has 3 aromatic carbocycles. The molecule has 180 valence electrons. The number of halogens is 3. The van der Waals surface area contributed by atoms with Crippen LogP contribution in [0.3, 0.4) is 0 Å². The van der Waals surface area contributed by atoms with Gasteiger partial charge in [-0.3, -0.25) is 4.79 Å². The number of carbonyl (C=O) groups is 1. The average Bonchev–Trinajstić information content (AvgIpc) is 3.19. The summed E-state index contributed by atoms with van der Waals surface area (Å²) in [5, 5.41) is 6.86. The van der Waals surface area contributed by atoms with E-state index in [-0.39, 0.29) is 27.7 Å². The lowest BCUT2D eigenvalue weighted by atomic mass is 10.1. The number of hydrogen-bond donors (Lipinski definition) is 1. The van der Waals surface area contributed by atoms with E-state index < -0.39 is 27.5 Å². The number of nitrogens with one attached hydrogen (secondary N) is 1. The molecule has 0 saturated carbocycles. The van der Waals surface area contributed by atoms with Crippen LogP contribution in [0.1, 0.15) is 27.2 Å². The normalized spacial score (nSPS) is 11.9. The Morgan fingerprint density at radius 1 is 0.943 bits per heavy atom. The van der Waals surface area contributed by atoms with Gasteiger partial charge in [-0.15, -0.1) is 0 Å². The van der Waals surface area contributed by atoms with Gasteiger partial charge >= 0.3 is 6.18 Å². The number of benzene rings is 3. The third kappa shape index (κ3) is 5.60. The van der Waals surface area contributed by atoms with Crippen LogP contribution in [0, 0.1) is 6.92 Å². The van der Waals surface area contributed by atoms with Gasteiger partial charge in [0.1, 0.15) is 5.82 Å². The van der Waals surface area contributed by atoms with Crippen molar-refractivity contribution in [3.8, 4) is 5.69 Å². The summed E-state index contributed by atoms with van der Waals surface area (Å²) in [4.78, 5) is 13.0. The van der Waals surface area contributed by atoms with Crippen molar-refractivity contribution in [3.63, 3.8) is 0 Å². The SMILES string of the molecule is Cc1cc(NC(=O)c2ccc(CS(=O)(=O)c3ccccc3)cc2)n(-c2cccc(C(F)(F)F)c2)n1. The second-order valence-electron chi connectivity index (χ2n) is 7.85. The molecule has 4 aromatic rings. The van der Waals surface area contributed by atoms with Crippen LogP contribution in [0.5, 0.6) is 0 Å². The lowest BCUT2D eigenvalue weighted by molar-refractivity contribution is -0.137. The number of aromatic nitrogens is 2. The number of aryl methyl sites for hydroxylation is 1. The van der Waals surface area contributed by atoms with Crippen LogP contribution in [0.25, 0.3) is 5.69 Å². The van der Waals surface area contributed by atoms with E-state index >= 15 is 0 Å². The molecule has 0 saturated heterocycles. The topological polar surface area (TPSA) is 81.1 Å². The van der Waals surface area contributed by atoms with E-state index in [1.54, 1.807) is 43.3 Å². The molecule has 0 radical (unpaired) electrons. The standard InChI is InChI=1S/C25H20F3N3O3S/c1-17-14-23(31(30-17)21-7-5-6-20(15-21)25(26,27)28)29-24(32)19-12-10-18(11-13-19)16-35(33,34)22-8-3-2-4-9-22/h2-15H,16H2,1H3,(H,29,32). The highest BCUT2D eigenvalue weighted by Crippen LogP contribution is 2.31. The smallest absolute Gasteiger partial charge is 0.306 e. The lowest BCUT2D eigenvalue weighted by Gasteiger charge is -2.12. The first-order valence-corrected chi connectivity index (χ1v) is 12.1. The maximum absolute atomic E-state index is 13.1. The van der Waals surface area contributed by atoms with Gasteiger partial charge in [-0.05, 0) is 55.0 Å².